The summed E-state index contributed by atoms with van der Waals surface area (Å²) in [6.07, 6.45) is 2.59. The van der Waals surface area contributed by atoms with Crippen LogP contribution in [-0.2, 0) is 11.3 Å². The van der Waals surface area contributed by atoms with E-state index in [2.05, 4.69) is 35.8 Å². The van der Waals surface area contributed by atoms with E-state index in [0.29, 0.717) is 12.1 Å². The molecule has 1 rings (SSSR count). The molecule has 0 unspecified atom stereocenters. The lowest BCUT2D eigenvalue weighted by Gasteiger charge is -2.24. The van der Waals surface area contributed by atoms with Gasteiger partial charge >= 0.3 is 5.97 Å². The number of methoxy groups -OCH3 is 1. The fraction of sp³-hybridized carbons (Fsp3) is 0.538. The molecule has 1 heterocycles. The highest BCUT2D eigenvalue weighted by Crippen LogP contribution is 2.08. The van der Waals surface area contributed by atoms with Crippen molar-refractivity contribution in [3.8, 4) is 0 Å². The van der Waals surface area contributed by atoms with Gasteiger partial charge in [-0.1, -0.05) is 6.92 Å². The first-order valence-corrected chi connectivity index (χ1v) is 5.77. The predicted octanol–water partition coefficient (Wildman–Crippen LogP) is 2.15. The molecule has 0 spiro atoms. The topological polar surface area (TPSA) is 51.2 Å². The van der Waals surface area contributed by atoms with Gasteiger partial charge in [-0.3, -0.25) is 4.98 Å². The Morgan fingerprint density at radius 3 is 2.65 bits per heavy atom. The van der Waals surface area contributed by atoms with Crippen molar-refractivity contribution in [2.75, 3.05) is 7.11 Å². The van der Waals surface area contributed by atoms with Crippen molar-refractivity contribution < 1.29 is 9.53 Å². The van der Waals surface area contributed by atoms with Gasteiger partial charge in [-0.2, -0.15) is 0 Å². The number of hydrogen-bond donors (Lipinski definition) is 1. The van der Waals surface area contributed by atoms with Crippen LogP contribution >= 0.6 is 0 Å². The van der Waals surface area contributed by atoms with Gasteiger partial charge in [0, 0.05) is 18.3 Å². The molecule has 4 nitrogen and oxygen atoms in total. The lowest BCUT2D eigenvalue weighted by molar-refractivity contribution is 0.0600. The molecule has 0 radical (unpaired) electrons. The molecule has 94 valence electrons. The predicted molar refractivity (Wildman–Crippen MR) is 66.8 cm³/mol. The molecule has 0 atom stereocenters. The molecule has 4 heteroatoms. The van der Waals surface area contributed by atoms with Crippen LogP contribution in [0, 0.1) is 0 Å². The number of pyridine rings is 1. The zero-order chi connectivity index (χ0) is 12.9. The van der Waals surface area contributed by atoms with Crippen LogP contribution in [0.4, 0.5) is 0 Å². The van der Waals surface area contributed by atoms with Crippen LogP contribution in [-0.4, -0.2) is 23.6 Å². The maximum Gasteiger partial charge on any atom is 0.339 e. The monoisotopic (exact) mass is 236 g/mol. The minimum atomic E-state index is -0.356. The first-order chi connectivity index (χ1) is 7.98. The number of carbonyl (C=O) groups excluding carboxylic acids is 1. The molecule has 0 aliphatic heterocycles. The second kappa shape index (κ2) is 5.77. The van der Waals surface area contributed by atoms with Gasteiger partial charge in [-0.25, -0.2) is 4.79 Å². The number of rotatable bonds is 5. The van der Waals surface area contributed by atoms with Crippen LogP contribution in [0.1, 0.15) is 43.2 Å². The number of nitrogens with one attached hydrogen (secondary N) is 1. The number of ether oxygens (including phenoxy) is 1. The SMILES string of the molecule is CCC(C)(C)NCc1ccc(C(=O)OC)cn1. The maximum absolute atomic E-state index is 11.2. The van der Waals surface area contributed by atoms with Crippen molar-refractivity contribution in [2.24, 2.45) is 0 Å². The van der Waals surface area contributed by atoms with Gasteiger partial charge in [0.15, 0.2) is 0 Å². The Bertz CT molecular complexity index is 372. The van der Waals surface area contributed by atoms with Crippen molar-refractivity contribution in [3.63, 3.8) is 0 Å². The largest absolute Gasteiger partial charge is 0.465 e. The van der Waals surface area contributed by atoms with E-state index < -0.39 is 0 Å². The maximum atomic E-state index is 11.2. The van der Waals surface area contributed by atoms with Gasteiger partial charge < -0.3 is 10.1 Å². The Morgan fingerprint density at radius 1 is 1.47 bits per heavy atom. The summed E-state index contributed by atoms with van der Waals surface area (Å²) in [6, 6.07) is 3.57. The Labute approximate surface area is 102 Å². The van der Waals surface area contributed by atoms with E-state index >= 15 is 0 Å². The molecule has 1 aromatic heterocycles. The molecule has 0 aromatic carbocycles. The molecule has 1 N–H and O–H groups in total. The molecule has 1 aromatic rings. The Hall–Kier alpha value is -1.42. The summed E-state index contributed by atoms with van der Waals surface area (Å²) < 4.78 is 4.61. The third-order valence-corrected chi connectivity index (χ3v) is 2.88. The summed E-state index contributed by atoms with van der Waals surface area (Å²) in [5.74, 6) is -0.356. The van der Waals surface area contributed by atoms with E-state index in [4.69, 9.17) is 0 Å². The Morgan fingerprint density at radius 2 is 2.18 bits per heavy atom. The highest BCUT2D eigenvalue weighted by molar-refractivity contribution is 5.88. The minimum absolute atomic E-state index is 0.0999. The summed E-state index contributed by atoms with van der Waals surface area (Å²) in [6.45, 7) is 7.13. The van der Waals surface area contributed by atoms with Gasteiger partial charge in [0.25, 0.3) is 0 Å². The van der Waals surface area contributed by atoms with Crippen molar-refractivity contribution in [1.29, 1.82) is 0 Å². The van der Waals surface area contributed by atoms with Crippen LogP contribution in [0.15, 0.2) is 18.3 Å². The molecule has 0 amide bonds. The van der Waals surface area contributed by atoms with Crippen LogP contribution < -0.4 is 5.32 Å². The zero-order valence-electron chi connectivity index (χ0n) is 10.9. The summed E-state index contributed by atoms with van der Waals surface area (Å²) >= 11 is 0. The molecule has 0 aliphatic rings. The minimum Gasteiger partial charge on any atom is -0.465 e. The van der Waals surface area contributed by atoms with E-state index in [1.165, 1.54) is 7.11 Å². The van der Waals surface area contributed by atoms with Gasteiger partial charge in [0.1, 0.15) is 0 Å². The van der Waals surface area contributed by atoms with Gasteiger partial charge in [-0.05, 0) is 32.4 Å². The highest BCUT2D eigenvalue weighted by atomic mass is 16.5. The van der Waals surface area contributed by atoms with Crippen molar-refractivity contribution in [1.82, 2.24) is 10.3 Å². The number of aromatic nitrogens is 1. The fourth-order valence-corrected chi connectivity index (χ4v) is 1.22. The van der Waals surface area contributed by atoms with Crippen LogP contribution in [0.25, 0.3) is 0 Å². The number of hydrogen-bond acceptors (Lipinski definition) is 4. The lowest BCUT2D eigenvalue weighted by Crippen LogP contribution is -2.38. The Kier molecular flexibility index (Phi) is 4.63. The van der Waals surface area contributed by atoms with Crippen molar-refractivity contribution >= 4 is 5.97 Å². The molecule has 0 aliphatic carbocycles. The first-order valence-electron chi connectivity index (χ1n) is 5.77. The summed E-state index contributed by atoms with van der Waals surface area (Å²) in [4.78, 5) is 15.4. The molecule has 0 bridgehead atoms. The fourth-order valence-electron chi connectivity index (χ4n) is 1.22. The standard InChI is InChI=1S/C13H20N2O2/c1-5-13(2,3)15-9-11-7-6-10(8-14-11)12(16)17-4/h6-8,15H,5,9H2,1-4H3. The summed E-state index contributed by atoms with van der Waals surface area (Å²) in [7, 11) is 1.36. The Balaban J connectivity index is 2.60. The highest BCUT2D eigenvalue weighted by Gasteiger charge is 2.13. The average Bonchev–Trinajstić information content (AvgIpc) is 2.36. The third-order valence-electron chi connectivity index (χ3n) is 2.88. The van der Waals surface area contributed by atoms with Gasteiger partial charge in [0.2, 0.25) is 0 Å². The van der Waals surface area contributed by atoms with E-state index in [1.54, 1.807) is 12.3 Å². The molecular weight excluding hydrogens is 216 g/mol. The molecule has 0 fully saturated rings. The quantitative estimate of drug-likeness (QED) is 0.796. The van der Waals surface area contributed by atoms with Crippen LogP contribution in [0.3, 0.4) is 0 Å². The normalized spacial score (nSPS) is 11.3. The van der Waals surface area contributed by atoms with Gasteiger partial charge in [0.05, 0.1) is 18.4 Å². The second-order valence-electron chi connectivity index (χ2n) is 4.62. The van der Waals surface area contributed by atoms with E-state index in [1.807, 2.05) is 6.07 Å². The van der Waals surface area contributed by atoms with Crippen LogP contribution in [0.2, 0.25) is 0 Å². The molecule has 0 saturated carbocycles. The van der Waals surface area contributed by atoms with Crippen molar-refractivity contribution in [2.45, 2.75) is 39.3 Å². The number of carbonyl (C=O) groups is 1. The van der Waals surface area contributed by atoms with Crippen LogP contribution in [0.5, 0.6) is 0 Å². The zero-order valence-corrected chi connectivity index (χ0v) is 10.9. The molecular formula is C13H20N2O2. The number of nitrogens with zero attached hydrogens (tertiary/aromatic N) is 1. The summed E-state index contributed by atoms with van der Waals surface area (Å²) in [5.41, 5.74) is 1.49. The number of esters is 1. The molecule has 0 saturated heterocycles. The first kappa shape index (κ1) is 13.6. The summed E-state index contributed by atoms with van der Waals surface area (Å²) in [5, 5.41) is 3.41. The molecule has 17 heavy (non-hydrogen) atoms. The van der Waals surface area contributed by atoms with Crippen molar-refractivity contribution in [3.05, 3.63) is 29.6 Å². The van der Waals surface area contributed by atoms with E-state index in [0.717, 1.165) is 12.1 Å². The lowest BCUT2D eigenvalue weighted by atomic mass is 10.0. The average molecular weight is 236 g/mol. The van der Waals surface area contributed by atoms with Gasteiger partial charge in [-0.15, -0.1) is 0 Å². The van der Waals surface area contributed by atoms with E-state index in [9.17, 15) is 4.79 Å². The second-order valence-corrected chi connectivity index (χ2v) is 4.62. The van der Waals surface area contributed by atoms with E-state index in [-0.39, 0.29) is 11.5 Å². The smallest absolute Gasteiger partial charge is 0.339 e. The third kappa shape index (κ3) is 4.15.